The van der Waals surface area contributed by atoms with Crippen molar-refractivity contribution >= 4 is 10.9 Å². The SMILES string of the molecule is CCn1c(C(C)(C)O)cc2cc(C(F)(F)F)ccc21. The molecule has 5 heteroatoms. The second-order valence-corrected chi connectivity index (χ2v) is 5.10. The highest BCUT2D eigenvalue weighted by atomic mass is 19.4. The molecule has 0 aliphatic heterocycles. The van der Waals surface area contributed by atoms with Crippen LogP contribution >= 0.6 is 0 Å². The van der Waals surface area contributed by atoms with Crippen LogP contribution in [0, 0.1) is 0 Å². The molecule has 104 valence electrons. The first-order valence-corrected chi connectivity index (χ1v) is 6.08. The van der Waals surface area contributed by atoms with Crippen LogP contribution in [0.25, 0.3) is 10.9 Å². The zero-order valence-electron chi connectivity index (χ0n) is 11.0. The van der Waals surface area contributed by atoms with Crippen LogP contribution in [0.4, 0.5) is 13.2 Å². The summed E-state index contributed by atoms with van der Waals surface area (Å²) >= 11 is 0. The topological polar surface area (TPSA) is 25.2 Å². The summed E-state index contributed by atoms with van der Waals surface area (Å²) in [5, 5.41) is 10.6. The lowest BCUT2D eigenvalue weighted by Gasteiger charge is -2.20. The second-order valence-electron chi connectivity index (χ2n) is 5.10. The van der Waals surface area contributed by atoms with E-state index >= 15 is 0 Å². The van der Waals surface area contributed by atoms with Gasteiger partial charge in [0.15, 0.2) is 0 Å². The van der Waals surface area contributed by atoms with E-state index in [1.54, 1.807) is 19.9 Å². The predicted octanol–water partition coefficient (Wildman–Crippen LogP) is 3.91. The summed E-state index contributed by atoms with van der Waals surface area (Å²) in [6.45, 7) is 5.73. The van der Waals surface area contributed by atoms with Gasteiger partial charge < -0.3 is 9.67 Å². The van der Waals surface area contributed by atoms with Gasteiger partial charge in [-0.05, 0) is 45.0 Å². The molecule has 2 aromatic rings. The fourth-order valence-corrected chi connectivity index (χ4v) is 2.29. The van der Waals surface area contributed by atoms with Crippen LogP contribution in [-0.4, -0.2) is 9.67 Å². The minimum Gasteiger partial charge on any atom is -0.384 e. The van der Waals surface area contributed by atoms with Crippen LogP contribution < -0.4 is 0 Å². The summed E-state index contributed by atoms with van der Waals surface area (Å²) in [6, 6.07) is 5.27. The Hall–Kier alpha value is -1.49. The molecule has 0 atom stereocenters. The number of nitrogens with zero attached hydrogens (tertiary/aromatic N) is 1. The molecule has 2 rings (SSSR count). The summed E-state index contributed by atoms with van der Waals surface area (Å²) < 4.78 is 39.9. The van der Waals surface area contributed by atoms with E-state index in [1.807, 2.05) is 11.5 Å². The summed E-state index contributed by atoms with van der Waals surface area (Å²) in [7, 11) is 0. The highest BCUT2D eigenvalue weighted by Crippen LogP contribution is 2.34. The smallest absolute Gasteiger partial charge is 0.384 e. The van der Waals surface area contributed by atoms with Crippen LogP contribution in [0.2, 0.25) is 0 Å². The number of alkyl halides is 3. The average Bonchev–Trinajstić information content (AvgIpc) is 2.64. The third-order valence-electron chi connectivity index (χ3n) is 3.17. The van der Waals surface area contributed by atoms with Gasteiger partial charge in [0, 0.05) is 17.4 Å². The quantitative estimate of drug-likeness (QED) is 0.880. The zero-order chi connectivity index (χ0) is 14.4. The van der Waals surface area contributed by atoms with Crippen molar-refractivity contribution in [1.82, 2.24) is 4.57 Å². The summed E-state index contributed by atoms with van der Waals surface area (Å²) in [5.74, 6) is 0. The molecule has 1 heterocycles. The molecule has 0 saturated heterocycles. The lowest BCUT2D eigenvalue weighted by atomic mass is 10.1. The summed E-state index contributed by atoms with van der Waals surface area (Å²) in [4.78, 5) is 0. The average molecular weight is 271 g/mol. The molecule has 0 saturated carbocycles. The van der Waals surface area contributed by atoms with Gasteiger partial charge in [0.05, 0.1) is 16.9 Å². The molecule has 0 amide bonds. The lowest BCUT2D eigenvalue weighted by molar-refractivity contribution is -0.137. The van der Waals surface area contributed by atoms with Gasteiger partial charge in [0.2, 0.25) is 0 Å². The van der Waals surface area contributed by atoms with E-state index in [0.29, 0.717) is 23.1 Å². The number of fused-ring (bicyclic) bond motifs is 1. The number of hydrogen-bond donors (Lipinski definition) is 1. The van der Waals surface area contributed by atoms with Crippen molar-refractivity contribution < 1.29 is 18.3 Å². The lowest BCUT2D eigenvalue weighted by Crippen LogP contribution is -2.20. The van der Waals surface area contributed by atoms with Crippen LogP contribution in [0.15, 0.2) is 24.3 Å². The maximum Gasteiger partial charge on any atom is 0.416 e. The molecule has 1 N–H and O–H groups in total. The van der Waals surface area contributed by atoms with Crippen LogP contribution in [0.3, 0.4) is 0 Å². The molecule has 0 unspecified atom stereocenters. The number of hydrogen-bond acceptors (Lipinski definition) is 1. The second kappa shape index (κ2) is 4.27. The van der Waals surface area contributed by atoms with Crippen molar-refractivity contribution in [2.24, 2.45) is 0 Å². The first-order chi connectivity index (χ1) is 8.64. The normalized spacial score (nSPS) is 13.2. The number of halogens is 3. The van der Waals surface area contributed by atoms with E-state index in [9.17, 15) is 18.3 Å². The van der Waals surface area contributed by atoms with Crippen molar-refractivity contribution in [1.29, 1.82) is 0 Å². The van der Waals surface area contributed by atoms with Gasteiger partial charge in [-0.1, -0.05) is 0 Å². The standard InChI is InChI=1S/C14H16F3NO/c1-4-18-11-6-5-10(14(15,16)17)7-9(11)8-12(18)13(2,3)19/h5-8,19H,4H2,1-3H3. The van der Waals surface area contributed by atoms with E-state index in [-0.39, 0.29) is 0 Å². The molecule has 0 fully saturated rings. The predicted molar refractivity (Wildman–Crippen MR) is 67.9 cm³/mol. The minimum absolute atomic E-state index is 0.494. The third-order valence-corrected chi connectivity index (χ3v) is 3.17. The van der Waals surface area contributed by atoms with Crippen molar-refractivity contribution in [2.45, 2.75) is 39.1 Å². The molecular weight excluding hydrogens is 255 g/mol. The van der Waals surface area contributed by atoms with E-state index in [2.05, 4.69) is 0 Å². The Morgan fingerprint density at radius 3 is 2.26 bits per heavy atom. The molecule has 0 spiro atoms. The molecule has 19 heavy (non-hydrogen) atoms. The monoisotopic (exact) mass is 271 g/mol. The van der Waals surface area contributed by atoms with E-state index in [0.717, 1.165) is 12.1 Å². The maximum absolute atomic E-state index is 12.7. The highest BCUT2D eigenvalue weighted by Gasteiger charge is 2.31. The fourth-order valence-electron chi connectivity index (χ4n) is 2.29. The summed E-state index contributed by atoms with van der Waals surface area (Å²) in [5.41, 5.74) is -0.444. The van der Waals surface area contributed by atoms with Gasteiger partial charge in [0.25, 0.3) is 0 Å². The van der Waals surface area contributed by atoms with Crippen molar-refractivity contribution in [3.05, 3.63) is 35.5 Å². The van der Waals surface area contributed by atoms with Gasteiger partial charge in [-0.25, -0.2) is 0 Å². The maximum atomic E-state index is 12.7. The first-order valence-electron chi connectivity index (χ1n) is 6.08. The molecule has 0 radical (unpaired) electrons. The largest absolute Gasteiger partial charge is 0.416 e. The van der Waals surface area contributed by atoms with Gasteiger partial charge >= 0.3 is 6.18 Å². The molecule has 1 aromatic carbocycles. The molecule has 0 aliphatic rings. The zero-order valence-corrected chi connectivity index (χ0v) is 11.0. The number of aromatic nitrogens is 1. The highest BCUT2D eigenvalue weighted by molar-refractivity contribution is 5.82. The number of benzene rings is 1. The number of aliphatic hydroxyl groups is 1. The van der Waals surface area contributed by atoms with Crippen molar-refractivity contribution in [3.8, 4) is 0 Å². The van der Waals surface area contributed by atoms with Crippen molar-refractivity contribution in [2.75, 3.05) is 0 Å². The first kappa shape index (κ1) is 13.9. The Kier molecular flexibility index (Phi) is 3.13. The molecule has 0 bridgehead atoms. The van der Waals surface area contributed by atoms with E-state index < -0.39 is 17.3 Å². The Labute approximate surface area is 109 Å². The Morgan fingerprint density at radius 1 is 1.16 bits per heavy atom. The van der Waals surface area contributed by atoms with Crippen LogP contribution in [-0.2, 0) is 18.3 Å². The molecule has 1 aromatic heterocycles. The van der Waals surface area contributed by atoms with Gasteiger partial charge in [-0.2, -0.15) is 13.2 Å². The molecular formula is C14H16F3NO. The fraction of sp³-hybridized carbons (Fsp3) is 0.429. The van der Waals surface area contributed by atoms with Gasteiger partial charge in [-0.3, -0.25) is 0 Å². The van der Waals surface area contributed by atoms with Crippen LogP contribution in [0.5, 0.6) is 0 Å². The Balaban J connectivity index is 2.70. The Morgan fingerprint density at radius 2 is 1.79 bits per heavy atom. The molecule has 0 aliphatic carbocycles. The van der Waals surface area contributed by atoms with E-state index in [4.69, 9.17) is 0 Å². The number of aryl methyl sites for hydroxylation is 1. The van der Waals surface area contributed by atoms with Gasteiger partial charge in [0.1, 0.15) is 0 Å². The van der Waals surface area contributed by atoms with E-state index in [1.165, 1.54) is 6.07 Å². The summed E-state index contributed by atoms with van der Waals surface area (Å²) in [6.07, 6.45) is -4.35. The molecule has 2 nitrogen and oxygen atoms in total. The number of rotatable bonds is 2. The Bertz CT molecular complexity index is 605. The third kappa shape index (κ3) is 2.47. The minimum atomic E-state index is -4.35. The van der Waals surface area contributed by atoms with Crippen LogP contribution in [0.1, 0.15) is 32.0 Å². The van der Waals surface area contributed by atoms with Crippen molar-refractivity contribution in [3.63, 3.8) is 0 Å². The van der Waals surface area contributed by atoms with Gasteiger partial charge in [-0.15, -0.1) is 0 Å².